The van der Waals surface area contributed by atoms with Gasteiger partial charge < -0.3 is 10.8 Å². The predicted octanol–water partition coefficient (Wildman–Crippen LogP) is 1.26. The number of hydrogen-bond donors (Lipinski definition) is 2. The zero-order chi connectivity index (χ0) is 8.97. The number of aliphatic hydroxyl groups excluding tert-OH is 1. The average Bonchev–Trinajstić information content (AvgIpc) is 2.43. The van der Waals surface area contributed by atoms with E-state index in [1.54, 1.807) is 12.3 Å². The maximum atomic E-state index is 8.81. The molecule has 66 valence electrons. The fourth-order valence-electron chi connectivity index (χ4n) is 0.827. The van der Waals surface area contributed by atoms with Gasteiger partial charge in [-0.15, -0.1) is 11.3 Å². The molecule has 0 aliphatic heterocycles. The molecule has 0 saturated heterocycles. The van der Waals surface area contributed by atoms with Crippen molar-refractivity contribution in [1.82, 2.24) is 0 Å². The van der Waals surface area contributed by atoms with E-state index < -0.39 is 0 Å². The molecule has 1 aromatic rings. The van der Waals surface area contributed by atoms with Crippen LogP contribution in [0, 0.1) is 0 Å². The van der Waals surface area contributed by atoms with E-state index in [0.29, 0.717) is 5.69 Å². The second-order valence-corrected chi connectivity index (χ2v) is 3.49. The van der Waals surface area contributed by atoms with Crippen molar-refractivity contribution in [2.75, 3.05) is 12.3 Å². The van der Waals surface area contributed by atoms with Gasteiger partial charge in [0.05, 0.1) is 17.2 Å². The lowest BCUT2D eigenvalue weighted by Gasteiger charge is -1.86. The summed E-state index contributed by atoms with van der Waals surface area (Å²) in [6.07, 6.45) is 1.75. The van der Waals surface area contributed by atoms with Crippen LogP contribution in [-0.4, -0.2) is 17.9 Å². The first-order chi connectivity index (χ1) is 5.77. The van der Waals surface area contributed by atoms with Gasteiger partial charge >= 0.3 is 0 Å². The van der Waals surface area contributed by atoms with Gasteiger partial charge in [0.25, 0.3) is 0 Å². The van der Waals surface area contributed by atoms with E-state index in [9.17, 15) is 0 Å². The highest BCUT2D eigenvalue weighted by molar-refractivity contribution is 7.14. The standard InChI is InChI=1S/C8H12N2OS/c1-2-10-4-8-7(9)3-6(5-11)12-8/h3-4,11H,2,5,9H2,1H3. The molecule has 0 spiro atoms. The minimum Gasteiger partial charge on any atom is -0.398 e. The molecule has 0 bridgehead atoms. The highest BCUT2D eigenvalue weighted by atomic mass is 32.1. The molecule has 0 aliphatic carbocycles. The van der Waals surface area contributed by atoms with Crippen molar-refractivity contribution in [3.8, 4) is 0 Å². The Hall–Kier alpha value is -0.870. The van der Waals surface area contributed by atoms with Crippen molar-refractivity contribution >= 4 is 23.2 Å². The number of hydrogen-bond acceptors (Lipinski definition) is 4. The topological polar surface area (TPSA) is 58.6 Å². The van der Waals surface area contributed by atoms with E-state index in [2.05, 4.69) is 4.99 Å². The molecule has 3 nitrogen and oxygen atoms in total. The van der Waals surface area contributed by atoms with Crippen LogP contribution >= 0.6 is 11.3 Å². The van der Waals surface area contributed by atoms with Crippen molar-refractivity contribution in [3.63, 3.8) is 0 Å². The van der Waals surface area contributed by atoms with Crippen LogP contribution in [-0.2, 0) is 6.61 Å². The van der Waals surface area contributed by atoms with E-state index in [1.165, 1.54) is 11.3 Å². The molecule has 0 atom stereocenters. The quantitative estimate of drug-likeness (QED) is 0.695. The van der Waals surface area contributed by atoms with Crippen molar-refractivity contribution in [2.45, 2.75) is 13.5 Å². The monoisotopic (exact) mass is 184 g/mol. The number of anilines is 1. The molecule has 0 radical (unpaired) electrons. The second-order valence-electron chi connectivity index (χ2n) is 2.32. The summed E-state index contributed by atoms with van der Waals surface area (Å²) in [6, 6.07) is 1.78. The van der Waals surface area contributed by atoms with Gasteiger partial charge in [-0.1, -0.05) is 0 Å². The summed E-state index contributed by atoms with van der Waals surface area (Å²) in [7, 11) is 0. The summed E-state index contributed by atoms with van der Waals surface area (Å²) in [4.78, 5) is 5.89. The molecule has 1 heterocycles. The molecule has 0 amide bonds. The second kappa shape index (κ2) is 4.23. The first-order valence-electron chi connectivity index (χ1n) is 3.76. The Morgan fingerprint density at radius 3 is 3.00 bits per heavy atom. The lowest BCUT2D eigenvalue weighted by molar-refractivity contribution is 0.285. The van der Waals surface area contributed by atoms with Gasteiger partial charge in [0.1, 0.15) is 0 Å². The molecular formula is C8H12N2OS. The normalized spacial score (nSPS) is 11.2. The van der Waals surface area contributed by atoms with Crippen LogP contribution in [0.5, 0.6) is 0 Å². The van der Waals surface area contributed by atoms with Gasteiger partial charge in [-0.25, -0.2) is 0 Å². The van der Waals surface area contributed by atoms with Crippen LogP contribution in [0.15, 0.2) is 11.1 Å². The van der Waals surface area contributed by atoms with Gasteiger partial charge in [-0.2, -0.15) is 0 Å². The smallest absolute Gasteiger partial charge is 0.0775 e. The number of nitrogens with zero attached hydrogens (tertiary/aromatic N) is 1. The Bertz CT molecular complexity index is 281. The van der Waals surface area contributed by atoms with Crippen molar-refractivity contribution < 1.29 is 5.11 Å². The number of aliphatic imine (C=N–C) groups is 1. The van der Waals surface area contributed by atoms with Crippen LogP contribution in [0.2, 0.25) is 0 Å². The number of aliphatic hydroxyl groups is 1. The van der Waals surface area contributed by atoms with E-state index >= 15 is 0 Å². The first-order valence-corrected chi connectivity index (χ1v) is 4.58. The van der Waals surface area contributed by atoms with E-state index in [0.717, 1.165) is 16.3 Å². The Morgan fingerprint density at radius 2 is 2.50 bits per heavy atom. The minimum absolute atomic E-state index is 0.0504. The number of rotatable bonds is 3. The highest BCUT2D eigenvalue weighted by Crippen LogP contribution is 2.22. The van der Waals surface area contributed by atoms with Crippen molar-refractivity contribution in [3.05, 3.63) is 15.8 Å². The Balaban J connectivity index is 2.84. The van der Waals surface area contributed by atoms with Gasteiger partial charge in [-0.3, -0.25) is 4.99 Å². The summed E-state index contributed by atoms with van der Waals surface area (Å²) < 4.78 is 0. The maximum absolute atomic E-state index is 8.81. The van der Waals surface area contributed by atoms with Gasteiger partial charge in [0.2, 0.25) is 0 Å². The fraction of sp³-hybridized carbons (Fsp3) is 0.375. The zero-order valence-corrected chi connectivity index (χ0v) is 7.77. The molecular weight excluding hydrogens is 172 g/mol. The van der Waals surface area contributed by atoms with Crippen molar-refractivity contribution in [2.24, 2.45) is 4.99 Å². The lowest BCUT2D eigenvalue weighted by atomic mass is 10.4. The fourth-order valence-corrected chi connectivity index (χ4v) is 1.66. The molecule has 0 aromatic carbocycles. The largest absolute Gasteiger partial charge is 0.398 e. The average molecular weight is 184 g/mol. The Morgan fingerprint density at radius 1 is 1.75 bits per heavy atom. The third kappa shape index (κ3) is 2.06. The summed E-state index contributed by atoms with van der Waals surface area (Å²) in [5, 5.41) is 8.81. The molecule has 0 unspecified atom stereocenters. The Kier molecular flexibility index (Phi) is 3.25. The van der Waals surface area contributed by atoms with Crippen molar-refractivity contribution in [1.29, 1.82) is 0 Å². The molecule has 0 aliphatic rings. The van der Waals surface area contributed by atoms with Crippen LogP contribution in [0.25, 0.3) is 0 Å². The molecule has 4 heteroatoms. The highest BCUT2D eigenvalue weighted by Gasteiger charge is 2.02. The van der Waals surface area contributed by atoms with Gasteiger partial charge in [-0.05, 0) is 13.0 Å². The summed E-state index contributed by atoms with van der Waals surface area (Å²) >= 11 is 1.48. The van der Waals surface area contributed by atoms with Crippen LogP contribution in [0.3, 0.4) is 0 Å². The molecule has 1 rings (SSSR count). The SMILES string of the molecule is CCN=Cc1sc(CO)cc1N. The summed E-state index contributed by atoms with van der Waals surface area (Å²) in [5.41, 5.74) is 6.36. The Labute approximate surface area is 75.6 Å². The predicted molar refractivity (Wildman–Crippen MR) is 52.8 cm³/mol. The molecule has 12 heavy (non-hydrogen) atoms. The summed E-state index contributed by atoms with van der Waals surface area (Å²) in [6.45, 7) is 2.77. The van der Waals surface area contributed by atoms with E-state index in [-0.39, 0.29) is 6.61 Å². The van der Waals surface area contributed by atoms with E-state index in [4.69, 9.17) is 10.8 Å². The maximum Gasteiger partial charge on any atom is 0.0775 e. The van der Waals surface area contributed by atoms with Crippen LogP contribution in [0.4, 0.5) is 5.69 Å². The molecule has 0 saturated carbocycles. The molecule has 0 fully saturated rings. The third-order valence-electron chi connectivity index (χ3n) is 1.39. The van der Waals surface area contributed by atoms with Crippen LogP contribution < -0.4 is 5.73 Å². The molecule has 1 aromatic heterocycles. The first kappa shape index (κ1) is 9.22. The zero-order valence-electron chi connectivity index (χ0n) is 6.95. The molecule has 3 N–H and O–H groups in total. The third-order valence-corrected chi connectivity index (χ3v) is 2.46. The van der Waals surface area contributed by atoms with E-state index in [1.807, 2.05) is 6.92 Å². The minimum atomic E-state index is 0.0504. The summed E-state index contributed by atoms with van der Waals surface area (Å²) in [5.74, 6) is 0. The number of nitrogens with two attached hydrogens (primary N) is 1. The van der Waals surface area contributed by atoms with Gasteiger partial charge in [0.15, 0.2) is 0 Å². The lowest BCUT2D eigenvalue weighted by Crippen LogP contribution is -1.86. The van der Waals surface area contributed by atoms with Gasteiger partial charge in [0, 0.05) is 17.6 Å². The van der Waals surface area contributed by atoms with Crippen LogP contribution in [0.1, 0.15) is 16.7 Å². The number of thiophene rings is 1. The number of nitrogen functional groups attached to an aromatic ring is 1.